The van der Waals surface area contributed by atoms with Gasteiger partial charge in [-0.2, -0.15) is 5.26 Å². The van der Waals surface area contributed by atoms with E-state index >= 15 is 0 Å². The van der Waals surface area contributed by atoms with Crippen molar-refractivity contribution in [2.24, 2.45) is 0 Å². The van der Waals surface area contributed by atoms with Gasteiger partial charge < -0.3 is 14.8 Å². The number of rotatable bonds is 5. The summed E-state index contributed by atoms with van der Waals surface area (Å²) in [6.07, 6.45) is 0.871. The molecule has 1 N–H and O–H groups in total. The Kier molecular flexibility index (Phi) is 4.24. The second-order valence-corrected chi connectivity index (χ2v) is 4.47. The highest BCUT2D eigenvalue weighted by Gasteiger charge is 2.51. The minimum atomic E-state index is -1.70. The molecule has 0 spiro atoms. The molecule has 2 rings (SSSR count). The first-order chi connectivity index (χ1) is 10.1. The zero-order chi connectivity index (χ0) is 15.3. The van der Waals surface area contributed by atoms with E-state index in [9.17, 15) is 9.59 Å². The summed E-state index contributed by atoms with van der Waals surface area (Å²) in [6.45, 7) is 0.396. The van der Waals surface area contributed by atoms with Crippen LogP contribution in [-0.2, 0) is 25.6 Å². The Morgan fingerprint density at radius 2 is 2.14 bits per heavy atom. The maximum Gasteiger partial charge on any atom is 0.357 e. The first kappa shape index (κ1) is 14.6. The molecule has 0 saturated heterocycles. The number of carbonyl (C=O) groups excluding carboxylic acids is 2. The van der Waals surface area contributed by atoms with Gasteiger partial charge in [0.1, 0.15) is 0 Å². The van der Waals surface area contributed by atoms with E-state index in [-0.39, 0.29) is 12.1 Å². The number of nitrogens with zero attached hydrogens (tertiary/aromatic N) is 1. The fourth-order valence-corrected chi connectivity index (χ4v) is 2.11. The number of nitrogens with one attached hydrogen (secondary N) is 1. The summed E-state index contributed by atoms with van der Waals surface area (Å²) in [5.74, 6) is -1.45. The molecule has 21 heavy (non-hydrogen) atoms. The van der Waals surface area contributed by atoms with Crippen LogP contribution in [0.2, 0.25) is 0 Å². The highest BCUT2D eigenvalue weighted by molar-refractivity contribution is 5.96. The van der Waals surface area contributed by atoms with Gasteiger partial charge in [0.2, 0.25) is 0 Å². The molecule has 6 heteroatoms. The van der Waals surface area contributed by atoms with Crippen molar-refractivity contribution in [3.63, 3.8) is 0 Å². The van der Waals surface area contributed by atoms with E-state index in [1.807, 2.05) is 36.4 Å². The third kappa shape index (κ3) is 2.87. The van der Waals surface area contributed by atoms with E-state index in [0.717, 1.165) is 5.56 Å². The molecule has 1 aromatic rings. The maximum atomic E-state index is 12.0. The van der Waals surface area contributed by atoms with Gasteiger partial charge in [-0.15, -0.1) is 0 Å². The van der Waals surface area contributed by atoms with Crippen molar-refractivity contribution in [2.75, 3.05) is 7.11 Å². The Morgan fingerprint density at radius 3 is 2.76 bits per heavy atom. The molecule has 6 nitrogen and oxygen atoms in total. The number of ether oxygens (including phenoxy) is 2. The predicted molar refractivity (Wildman–Crippen MR) is 72.4 cm³/mol. The van der Waals surface area contributed by atoms with Crippen molar-refractivity contribution in [1.82, 2.24) is 5.32 Å². The second-order valence-electron chi connectivity index (χ2n) is 4.47. The van der Waals surface area contributed by atoms with Gasteiger partial charge in [-0.3, -0.25) is 0 Å². The van der Waals surface area contributed by atoms with Crippen LogP contribution in [0.4, 0.5) is 0 Å². The summed E-state index contributed by atoms with van der Waals surface area (Å²) in [7, 11) is 1.18. The summed E-state index contributed by atoms with van der Waals surface area (Å²) in [5, 5.41) is 11.9. The quantitative estimate of drug-likeness (QED) is 0.814. The zero-order valence-corrected chi connectivity index (χ0v) is 11.5. The molecule has 1 atom stereocenters. The van der Waals surface area contributed by atoms with Crippen molar-refractivity contribution in [3.8, 4) is 6.07 Å². The van der Waals surface area contributed by atoms with Gasteiger partial charge in [0.25, 0.3) is 5.60 Å². The average molecular weight is 286 g/mol. The van der Waals surface area contributed by atoms with Crippen LogP contribution >= 0.6 is 0 Å². The molecule has 108 valence electrons. The summed E-state index contributed by atoms with van der Waals surface area (Å²) in [4.78, 5) is 23.5. The number of hydrogen-bond donors (Lipinski definition) is 1. The van der Waals surface area contributed by atoms with E-state index in [1.165, 1.54) is 13.2 Å². The minimum absolute atomic E-state index is 0.241. The van der Waals surface area contributed by atoms with Crippen LogP contribution in [-0.4, -0.2) is 24.6 Å². The van der Waals surface area contributed by atoms with E-state index in [1.54, 1.807) is 0 Å². The summed E-state index contributed by atoms with van der Waals surface area (Å²) < 4.78 is 9.72. The van der Waals surface area contributed by atoms with Gasteiger partial charge in [-0.1, -0.05) is 30.3 Å². The predicted octanol–water partition coefficient (Wildman–Crippen LogP) is 1.04. The topological polar surface area (TPSA) is 88.4 Å². The van der Waals surface area contributed by atoms with Gasteiger partial charge in [-0.25, -0.2) is 9.59 Å². The highest BCUT2D eigenvalue weighted by Crippen LogP contribution is 2.31. The van der Waals surface area contributed by atoms with Crippen molar-refractivity contribution in [3.05, 3.63) is 47.7 Å². The molecule has 1 heterocycles. The molecular formula is C15H14N2O4. The van der Waals surface area contributed by atoms with Crippen molar-refractivity contribution >= 4 is 11.9 Å². The number of benzene rings is 1. The molecule has 0 bridgehead atoms. The molecule has 0 radical (unpaired) electrons. The SMILES string of the molecule is COC(=O)C1(CC#N)OC(=O)C=C1NCc1ccccc1. The van der Waals surface area contributed by atoms with Gasteiger partial charge in [0.15, 0.2) is 0 Å². The Morgan fingerprint density at radius 1 is 1.43 bits per heavy atom. The lowest BCUT2D eigenvalue weighted by molar-refractivity contribution is -0.170. The van der Waals surface area contributed by atoms with E-state index in [4.69, 9.17) is 10.00 Å². The van der Waals surface area contributed by atoms with Gasteiger partial charge in [0.05, 0.1) is 25.3 Å². The molecule has 0 saturated carbocycles. The minimum Gasteiger partial charge on any atom is -0.466 e. The van der Waals surface area contributed by atoms with Crippen LogP contribution in [0.3, 0.4) is 0 Å². The van der Waals surface area contributed by atoms with E-state index < -0.39 is 17.5 Å². The van der Waals surface area contributed by atoms with E-state index in [0.29, 0.717) is 6.54 Å². The first-order valence-corrected chi connectivity index (χ1v) is 6.30. The molecular weight excluding hydrogens is 272 g/mol. The molecule has 1 aliphatic rings. The second kappa shape index (κ2) is 6.09. The third-order valence-electron chi connectivity index (χ3n) is 3.14. The zero-order valence-electron chi connectivity index (χ0n) is 11.5. The van der Waals surface area contributed by atoms with Crippen LogP contribution in [0.5, 0.6) is 0 Å². The van der Waals surface area contributed by atoms with Crippen LogP contribution in [0.1, 0.15) is 12.0 Å². The van der Waals surface area contributed by atoms with E-state index in [2.05, 4.69) is 10.1 Å². The summed E-state index contributed by atoms with van der Waals surface area (Å²) >= 11 is 0. The third-order valence-corrected chi connectivity index (χ3v) is 3.14. The van der Waals surface area contributed by atoms with Crippen LogP contribution in [0.15, 0.2) is 42.1 Å². The summed E-state index contributed by atoms with van der Waals surface area (Å²) in [6, 6.07) is 11.3. The average Bonchev–Trinajstić information content (AvgIpc) is 2.82. The molecule has 0 fully saturated rings. The molecule has 0 aromatic heterocycles. The Labute approximate surface area is 122 Å². The van der Waals surface area contributed by atoms with Crippen LogP contribution < -0.4 is 5.32 Å². The largest absolute Gasteiger partial charge is 0.466 e. The number of hydrogen-bond acceptors (Lipinski definition) is 6. The summed E-state index contributed by atoms with van der Waals surface area (Å²) in [5.41, 5.74) is -0.492. The number of methoxy groups -OCH3 is 1. The molecule has 1 aromatic carbocycles. The lowest BCUT2D eigenvalue weighted by Crippen LogP contribution is -2.45. The number of nitriles is 1. The standard InChI is InChI=1S/C15H14N2O4/c1-20-14(19)15(7-8-16)12(9-13(18)21-15)17-10-11-5-3-2-4-6-11/h2-6,9,17H,7,10H2,1H3. The van der Waals surface area contributed by atoms with Gasteiger partial charge in [-0.05, 0) is 5.56 Å². The molecule has 1 unspecified atom stereocenters. The Balaban J connectivity index is 2.22. The smallest absolute Gasteiger partial charge is 0.357 e. The van der Waals surface area contributed by atoms with Crippen molar-refractivity contribution < 1.29 is 19.1 Å². The first-order valence-electron chi connectivity index (χ1n) is 6.30. The lowest BCUT2D eigenvalue weighted by atomic mass is 9.96. The molecule has 0 amide bonds. The normalized spacial score (nSPS) is 20.2. The molecule has 1 aliphatic heterocycles. The van der Waals surface area contributed by atoms with Crippen molar-refractivity contribution in [1.29, 1.82) is 5.26 Å². The van der Waals surface area contributed by atoms with Crippen molar-refractivity contribution in [2.45, 2.75) is 18.6 Å². The van der Waals surface area contributed by atoms with Gasteiger partial charge in [0, 0.05) is 12.6 Å². The number of carbonyl (C=O) groups is 2. The van der Waals surface area contributed by atoms with Gasteiger partial charge >= 0.3 is 11.9 Å². The number of cyclic esters (lactones) is 1. The fraction of sp³-hybridized carbons (Fsp3) is 0.267. The Hall–Kier alpha value is -2.81. The van der Waals surface area contributed by atoms with Crippen LogP contribution in [0, 0.1) is 11.3 Å². The highest BCUT2D eigenvalue weighted by atomic mass is 16.6. The van der Waals surface area contributed by atoms with Crippen LogP contribution in [0.25, 0.3) is 0 Å². The molecule has 0 aliphatic carbocycles. The lowest BCUT2D eigenvalue weighted by Gasteiger charge is -2.26. The fourth-order valence-electron chi connectivity index (χ4n) is 2.11. The monoisotopic (exact) mass is 286 g/mol. The maximum absolute atomic E-state index is 12.0. The number of esters is 2. The Bertz CT molecular complexity index is 618.